The van der Waals surface area contributed by atoms with Crippen LogP contribution in [0.5, 0.6) is 0 Å². The summed E-state index contributed by atoms with van der Waals surface area (Å²) in [6, 6.07) is 39.7. The van der Waals surface area contributed by atoms with Crippen molar-refractivity contribution < 1.29 is 0 Å². The van der Waals surface area contributed by atoms with Gasteiger partial charge in [0, 0.05) is 11.3 Å². The van der Waals surface area contributed by atoms with E-state index in [0.29, 0.717) is 18.5 Å². The standard InChI is InChI=1S/C40H31N3/c41-24-11-13-27(23-25-42)12-1-10-22-38(43)33-26-37-39(31-17-3-2-14-28(31)33)32-18-6-9-21-36(32)40(37)34-19-7-4-15-29(34)30-16-5-8-20-35(30)40/h1-10,13-23,25-26H,11-12,42-43H2/b10-1-,25-23-,27-13-,38-22-. The van der Waals surface area contributed by atoms with Crippen molar-refractivity contribution in [2.75, 3.05) is 0 Å². The predicted octanol–water partition coefficient (Wildman–Crippen LogP) is 8.74. The summed E-state index contributed by atoms with van der Waals surface area (Å²) in [5, 5.41) is 11.3. The first-order valence-electron chi connectivity index (χ1n) is 14.6. The molecule has 0 unspecified atom stereocenters. The van der Waals surface area contributed by atoms with Crippen LogP contribution in [0.4, 0.5) is 0 Å². The number of nitrogens with two attached hydrogens (primary N) is 2. The third kappa shape index (κ3) is 3.95. The van der Waals surface area contributed by atoms with Crippen molar-refractivity contribution in [1.29, 1.82) is 5.26 Å². The molecule has 4 N–H and O–H groups in total. The molecule has 0 aromatic heterocycles. The SMILES string of the molecule is N#CC/C=C(\C=C/N)C/C=C\C=C(/N)c1cc2c(c3ccccc13)-c1ccccc1C21c2ccccc2-c2ccccc21. The maximum absolute atomic E-state index is 8.96. The number of hydrogen-bond donors (Lipinski definition) is 2. The van der Waals surface area contributed by atoms with Gasteiger partial charge >= 0.3 is 0 Å². The molecule has 2 aliphatic rings. The predicted molar refractivity (Wildman–Crippen MR) is 178 cm³/mol. The summed E-state index contributed by atoms with van der Waals surface area (Å²) in [5.41, 5.74) is 25.2. The van der Waals surface area contributed by atoms with E-state index in [1.54, 1.807) is 0 Å². The second-order valence-electron chi connectivity index (χ2n) is 11.0. The van der Waals surface area contributed by atoms with Gasteiger partial charge in [0.05, 0.1) is 17.9 Å². The summed E-state index contributed by atoms with van der Waals surface area (Å²) in [7, 11) is 0. The number of nitriles is 1. The van der Waals surface area contributed by atoms with E-state index in [1.165, 1.54) is 56.1 Å². The van der Waals surface area contributed by atoms with Crippen molar-refractivity contribution in [3.63, 3.8) is 0 Å². The first kappa shape index (κ1) is 26.3. The lowest BCUT2D eigenvalue weighted by molar-refractivity contribution is 0.794. The highest BCUT2D eigenvalue weighted by atomic mass is 14.6. The molecule has 43 heavy (non-hydrogen) atoms. The molecule has 0 aliphatic heterocycles. The Balaban J connectivity index is 1.45. The van der Waals surface area contributed by atoms with Crippen LogP contribution < -0.4 is 11.5 Å². The highest BCUT2D eigenvalue weighted by Gasteiger charge is 2.52. The van der Waals surface area contributed by atoms with Crippen molar-refractivity contribution in [1.82, 2.24) is 0 Å². The van der Waals surface area contributed by atoms with Gasteiger partial charge in [0.25, 0.3) is 0 Å². The van der Waals surface area contributed by atoms with Gasteiger partial charge in [-0.25, -0.2) is 0 Å². The maximum Gasteiger partial charge on any atom is 0.0725 e. The second-order valence-corrected chi connectivity index (χ2v) is 11.0. The molecule has 0 heterocycles. The van der Waals surface area contributed by atoms with Crippen molar-refractivity contribution >= 4 is 16.5 Å². The fraction of sp³-hybridized carbons (Fsp3) is 0.0750. The Hall–Kier alpha value is -5.59. The molecule has 3 nitrogen and oxygen atoms in total. The van der Waals surface area contributed by atoms with E-state index in [9.17, 15) is 0 Å². The molecule has 7 rings (SSSR count). The van der Waals surface area contributed by atoms with Crippen molar-refractivity contribution in [2.24, 2.45) is 11.5 Å². The lowest BCUT2D eigenvalue weighted by Crippen LogP contribution is -2.26. The van der Waals surface area contributed by atoms with Gasteiger partial charge in [-0.3, -0.25) is 0 Å². The summed E-state index contributed by atoms with van der Waals surface area (Å²) in [4.78, 5) is 0. The number of allylic oxidation sites excluding steroid dienone is 6. The van der Waals surface area contributed by atoms with Crippen molar-refractivity contribution in [3.8, 4) is 28.3 Å². The summed E-state index contributed by atoms with van der Waals surface area (Å²) in [5.74, 6) is 0. The zero-order valence-electron chi connectivity index (χ0n) is 23.8. The molecule has 0 fully saturated rings. The van der Waals surface area contributed by atoms with E-state index in [-0.39, 0.29) is 0 Å². The Labute approximate surface area is 252 Å². The lowest BCUT2D eigenvalue weighted by atomic mass is 9.70. The Morgan fingerprint density at radius 1 is 0.744 bits per heavy atom. The summed E-state index contributed by atoms with van der Waals surface area (Å²) in [6.45, 7) is 0. The normalized spacial score (nSPS) is 14.7. The average Bonchev–Trinajstić information content (AvgIpc) is 3.52. The van der Waals surface area contributed by atoms with Gasteiger partial charge in [-0.2, -0.15) is 5.26 Å². The first-order valence-corrected chi connectivity index (χ1v) is 14.6. The fourth-order valence-electron chi connectivity index (χ4n) is 7.17. The van der Waals surface area contributed by atoms with E-state index >= 15 is 0 Å². The largest absolute Gasteiger partial charge is 0.405 e. The van der Waals surface area contributed by atoms with Crippen LogP contribution in [0, 0.1) is 11.3 Å². The van der Waals surface area contributed by atoms with E-state index < -0.39 is 5.41 Å². The van der Waals surface area contributed by atoms with Gasteiger partial charge in [0.2, 0.25) is 0 Å². The van der Waals surface area contributed by atoms with Crippen LogP contribution in [-0.2, 0) is 5.41 Å². The van der Waals surface area contributed by atoms with Gasteiger partial charge in [-0.05, 0) is 91.7 Å². The van der Waals surface area contributed by atoms with Crippen LogP contribution in [0.3, 0.4) is 0 Å². The highest BCUT2D eigenvalue weighted by molar-refractivity contribution is 6.09. The summed E-state index contributed by atoms with van der Waals surface area (Å²) >= 11 is 0. The van der Waals surface area contributed by atoms with Gasteiger partial charge in [0.15, 0.2) is 0 Å². The van der Waals surface area contributed by atoms with E-state index in [1.807, 2.05) is 30.4 Å². The third-order valence-corrected chi connectivity index (χ3v) is 8.84. The van der Waals surface area contributed by atoms with E-state index in [0.717, 1.165) is 16.5 Å². The molecule has 5 aromatic carbocycles. The topological polar surface area (TPSA) is 75.8 Å². The first-order chi connectivity index (χ1) is 21.2. The van der Waals surface area contributed by atoms with Gasteiger partial charge < -0.3 is 11.5 Å². The number of hydrogen-bond acceptors (Lipinski definition) is 3. The van der Waals surface area contributed by atoms with Crippen molar-refractivity contribution in [2.45, 2.75) is 18.3 Å². The smallest absolute Gasteiger partial charge is 0.0725 e. The Kier molecular flexibility index (Phi) is 6.53. The highest BCUT2D eigenvalue weighted by Crippen LogP contribution is 2.64. The number of benzene rings is 5. The van der Waals surface area contributed by atoms with Gasteiger partial charge in [0.1, 0.15) is 0 Å². The molecular formula is C40H31N3. The molecule has 0 radical (unpaired) electrons. The van der Waals surface area contributed by atoms with Crippen LogP contribution >= 0.6 is 0 Å². The fourth-order valence-corrected chi connectivity index (χ4v) is 7.17. The molecule has 5 aromatic rings. The molecule has 0 atom stereocenters. The van der Waals surface area contributed by atoms with E-state index in [4.69, 9.17) is 16.7 Å². The molecule has 0 saturated heterocycles. The van der Waals surface area contributed by atoms with Crippen LogP contribution in [0.1, 0.15) is 40.7 Å². The van der Waals surface area contributed by atoms with Gasteiger partial charge in [-0.1, -0.05) is 115 Å². The monoisotopic (exact) mass is 553 g/mol. The minimum absolute atomic E-state index is 0.350. The van der Waals surface area contributed by atoms with E-state index in [2.05, 4.69) is 109 Å². The van der Waals surface area contributed by atoms with Crippen LogP contribution in [-0.4, -0.2) is 0 Å². The summed E-state index contributed by atoms with van der Waals surface area (Å²) in [6.07, 6.45) is 12.3. The quantitative estimate of drug-likeness (QED) is 0.202. The van der Waals surface area contributed by atoms with Gasteiger partial charge in [-0.15, -0.1) is 0 Å². The lowest BCUT2D eigenvalue weighted by Gasteiger charge is -2.31. The van der Waals surface area contributed by atoms with Crippen LogP contribution in [0.25, 0.3) is 38.7 Å². The Morgan fingerprint density at radius 2 is 1.33 bits per heavy atom. The Morgan fingerprint density at radius 3 is 1.98 bits per heavy atom. The summed E-state index contributed by atoms with van der Waals surface area (Å²) < 4.78 is 0. The molecule has 2 aliphatic carbocycles. The van der Waals surface area contributed by atoms with Crippen LogP contribution in [0.15, 0.2) is 145 Å². The molecule has 1 spiro atoms. The second kappa shape index (κ2) is 10.7. The van der Waals surface area contributed by atoms with Crippen LogP contribution in [0.2, 0.25) is 0 Å². The zero-order valence-corrected chi connectivity index (χ0v) is 23.8. The average molecular weight is 554 g/mol. The molecule has 0 saturated carbocycles. The number of nitrogens with zero attached hydrogens (tertiary/aromatic N) is 1. The zero-order chi connectivity index (χ0) is 29.4. The Bertz CT molecular complexity index is 2020. The molecule has 0 amide bonds. The minimum atomic E-state index is -0.428. The minimum Gasteiger partial charge on any atom is -0.405 e. The molecule has 3 heteroatoms. The maximum atomic E-state index is 8.96. The molecular weight excluding hydrogens is 522 g/mol. The third-order valence-electron chi connectivity index (χ3n) is 8.84. The molecule has 0 bridgehead atoms. The number of rotatable bonds is 6. The number of fused-ring (bicyclic) bond motifs is 12. The molecule has 206 valence electrons. The van der Waals surface area contributed by atoms with Crippen molar-refractivity contribution in [3.05, 3.63) is 173 Å².